The lowest BCUT2D eigenvalue weighted by atomic mass is 9.98. The van der Waals surface area contributed by atoms with Gasteiger partial charge in [0.15, 0.2) is 0 Å². The van der Waals surface area contributed by atoms with Crippen LogP contribution in [0.1, 0.15) is 41.8 Å². The van der Waals surface area contributed by atoms with E-state index in [0.29, 0.717) is 12.1 Å². The van der Waals surface area contributed by atoms with Gasteiger partial charge in [0.2, 0.25) is 5.76 Å². The Morgan fingerprint density at radius 2 is 2.32 bits per heavy atom. The summed E-state index contributed by atoms with van der Waals surface area (Å²) in [6.07, 6.45) is 4.52. The topological polar surface area (TPSA) is 72.6 Å². The van der Waals surface area contributed by atoms with Crippen LogP contribution in [0.2, 0.25) is 0 Å². The number of methoxy groups -OCH3 is 1. The lowest BCUT2D eigenvalue weighted by Crippen LogP contribution is -2.45. The molecule has 1 amide bonds. The van der Waals surface area contributed by atoms with Gasteiger partial charge in [-0.3, -0.25) is 9.59 Å². The van der Waals surface area contributed by atoms with Gasteiger partial charge in [-0.15, -0.1) is 0 Å². The fourth-order valence-electron chi connectivity index (χ4n) is 2.38. The van der Waals surface area contributed by atoms with Gasteiger partial charge >= 0.3 is 5.97 Å². The number of aryl methyl sites for hydroxylation is 1. The van der Waals surface area contributed by atoms with Crippen LogP contribution < -0.4 is 0 Å². The first-order valence-electron chi connectivity index (χ1n) is 6.42. The smallest absolute Gasteiger partial charge is 0.307 e. The molecule has 0 aromatic carbocycles. The van der Waals surface area contributed by atoms with Crippen LogP contribution in [0.15, 0.2) is 10.7 Å². The molecule has 2 heterocycles. The highest BCUT2D eigenvalue weighted by molar-refractivity contribution is 5.93. The van der Waals surface area contributed by atoms with E-state index in [0.717, 1.165) is 19.3 Å². The number of hydrogen-bond acceptors (Lipinski definition) is 5. The van der Waals surface area contributed by atoms with Crippen molar-refractivity contribution in [3.8, 4) is 0 Å². The van der Waals surface area contributed by atoms with Crippen LogP contribution in [0.4, 0.5) is 0 Å². The number of nitrogens with zero attached hydrogens (tertiary/aromatic N) is 2. The van der Waals surface area contributed by atoms with Crippen molar-refractivity contribution < 1.29 is 18.8 Å². The lowest BCUT2D eigenvalue weighted by molar-refractivity contribution is -0.142. The molecule has 104 valence electrons. The molecule has 1 atom stereocenters. The highest BCUT2D eigenvalue weighted by Gasteiger charge is 2.31. The first-order chi connectivity index (χ1) is 9.13. The molecule has 0 bridgehead atoms. The van der Waals surface area contributed by atoms with Crippen LogP contribution in [-0.4, -0.2) is 41.6 Å². The Morgan fingerprint density at radius 1 is 1.53 bits per heavy atom. The van der Waals surface area contributed by atoms with Crippen molar-refractivity contribution in [2.24, 2.45) is 0 Å². The third-order valence-corrected chi connectivity index (χ3v) is 3.46. The second-order valence-corrected chi connectivity index (χ2v) is 4.77. The minimum Gasteiger partial charge on any atom is -0.469 e. The summed E-state index contributed by atoms with van der Waals surface area (Å²) in [5.74, 6) is -0.223. The van der Waals surface area contributed by atoms with E-state index in [4.69, 9.17) is 4.52 Å². The third kappa shape index (κ3) is 2.94. The molecule has 1 aromatic rings. The van der Waals surface area contributed by atoms with Crippen molar-refractivity contribution >= 4 is 11.9 Å². The Bertz CT molecular complexity index is 469. The van der Waals surface area contributed by atoms with Crippen molar-refractivity contribution in [3.05, 3.63) is 17.5 Å². The third-order valence-electron chi connectivity index (χ3n) is 3.46. The number of aromatic nitrogens is 1. The van der Waals surface area contributed by atoms with Crippen LogP contribution in [0.5, 0.6) is 0 Å². The maximum absolute atomic E-state index is 12.4. The first kappa shape index (κ1) is 13.6. The van der Waals surface area contributed by atoms with Gasteiger partial charge in [0, 0.05) is 18.2 Å². The fraction of sp³-hybridized carbons (Fsp3) is 0.615. The number of hydrogen-bond donors (Lipinski definition) is 0. The predicted molar refractivity (Wildman–Crippen MR) is 66.5 cm³/mol. The van der Waals surface area contributed by atoms with Gasteiger partial charge in [-0.25, -0.2) is 0 Å². The number of rotatable bonds is 3. The normalized spacial score (nSPS) is 19.3. The minimum atomic E-state index is -0.293. The number of carbonyl (C=O) groups is 2. The molecule has 0 spiro atoms. The van der Waals surface area contributed by atoms with Crippen LogP contribution in [0.3, 0.4) is 0 Å². The molecule has 0 radical (unpaired) electrons. The lowest BCUT2D eigenvalue weighted by Gasteiger charge is -2.34. The maximum Gasteiger partial charge on any atom is 0.307 e. The van der Waals surface area contributed by atoms with E-state index < -0.39 is 0 Å². The number of amides is 1. The van der Waals surface area contributed by atoms with Crippen molar-refractivity contribution in [2.75, 3.05) is 13.7 Å². The van der Waals surface area contributed by atoms with Gasteiger partial charge in [0.1, 0.15) is 0 Å². The summed E-state index contributed by atoms with van der Waals surface area (Å²) in [6.45, 7) is 2.42. The highest BCUT2D eigenvalue weighted by Crippen LogP contribution is 2.23. The fourth-order valence-corrected chi connectivity index (χ4v) is 2.38. The van der Waals surface area contributed by atoms with E-state index in [1.54, 1.807) is 11.8 Å². The van der Waals surface area contributed by atoms with Gasteiger partial charge in [0.05, 0.1) is 19.7 Å². The molecule has 0 saturated carbocycles. The second-order valence-electron chi connectivity index (χ2n) is 4.77. The van der Waals surface area contributed by atoms with Gasteiger partial charge in [0.25, 0.3) is 5.91 Å². The Morgan fingerprint density at radius 3 is 2.95 bits per heavy atom. The quantitative estimate of drug-likeness (QED) is 0.776. The SMILES string of the molecule is COC(=O)CC1CCCCN1C(=O)c1oncc1C. The van der Waals surface area contributed by atoms with Crippen LogP contribution in [-0.2, 0) is 9.53 Å². The number of carbonyl (C=O) groups excluding carboxylic acids is 2. The Labute approximate surface area is 111 Å². The summed E-state index contributed by atoms with van der Waals surface area (Å²) >= 11 is 0. The molecule has 1 aromatic heterocycles. The summed E-state index contributed by atoms with van der Waals surface area (Å²) in [5, 5.41) is 3.63. The van der Waals surface area contributed by atoms with Gasteiger partial charge < -0.3 is 14.2 Å². The van der Waals surface area contributed by atoms with E-state index in [1.807, 2.05) is 0 Å². The van der Waals surface area contributed by atoms with Crippen LogP contribution in [0.25, 0.3) is 0 Å². The van der Waals surface area contributed by atoms with Crippen LogP contribution >= 0.6 is 0 Å². The maximum atomic E-state index is 12.4. The standard InChI is InChI=1S/C13H18N2O4/c1-9-8-14-19-12(9)13(17)15-6-4-3-5-10(15)7-11(16)18-2/h8,10H,3-7H2,1-2H3. The molecule has 2 rings (SSSR count). The molecule has 1 aliphatic rings. The summed E-state index contributed by atoms with van der Waals surface area (Å²) in [5.41, 5.74) is 0.715. The van der Waals surface area contributed by atoms with Gasteiger partial charge in [-0.05, 0) is 26.2 Å². The van der Waals surface area contributed by atoms with E-state index in [2.05, 4.69) is 9.89 Å². The molecule has 1 fully saturated rings. The van der Waals surface area contributed by atoms with E-state index >= 15 is 0 Å². The zero-order chi connectivity index (χ0) is 13.8. The Balaban J connectivity index is 2.13. The second kappa shape index (κ2) is 5.86. The molecular weight excluding hydrogens is 248 g/mol. The zero-order valence-electron chi connectivity index (χ0n) is 11.2. The molecular formula is C13H18N2O4. The van der Waals surface area contributed by atoms with E-state index in [1.165, 1.54) is 13.3 Å². The zero-order valence-corrected chi connectivity index (χ0v) is 11.2. The van der Waals surface area contributed by atoms with E-state index in [-0.39, 0.29) is 30.1 Å². The molecule has 1 aliphatic heterocycles. The van der Waals surface area contributed by atoms with Crippen LogP contribution in [0, 0.1) is 6.92 Å². The number of likely N-dealkylation sites (tertiary alicyclic amines) is 1. The van der Waals surface area contributed by atoms with Crippen molar-refractivity contribution in [2.45, 2.75) is 38.6 Å². The average Bonchev–Trinajstić information content (AvgIpc) is 2.84. The molecule has 0 N–H and O–H groups in total. The minimum absolute atomic E-state index is 0.113. The molecule has 0 aliphatic carbocycles. The molecule has 1 saturated heterocycles. The average molecular weight is 266 g/mol. The molecule has 6 heteroatoms. The molecule has 6 nitrogen and oxygen atoms in total. The number of piperidine rings is 1. The van der Waals surface area contributed by atoms with Crippen molar-refractivity contribution in [1.29, 1.82) is 0 Å². The summed E-state index contributed by atoms with van der Waals surface area (Å²) in [6, 6.07) is -0.113. The summed E-state index contributed by atoms with van der Waals surface area (Å²) < 4.78 is 9.68. The summed E-state index contributed by atoms with van der Waals surface area (Å²) in [7, 11) is 1.36. The molecule has 1 unspecified atom stereocenters. The van der Waals surface area contributed by atoms with Crippen molar-refractivity contribution in [3.63, 3.8) is 0 Å². The number of esters is 1. The Hall–Kier alpha value is -1.85. The number of ether oxygens (including phenoxy) is 1. The highest BCUT2D eigenvalue weighted by atomic mass is 16.5. The van der Waals surface area contributed by atoms with Gasteiger partial charge in [-0.1, -0.05) is 5.16 Å². The largest absolute Gasteiger partial charge is 0.469 e. The molecule has 19 heavy (non-hydrogen) atoms. The monoisotopic (exact) mass is 266 g/mol. The Kier molecular flexibility index (Phi) is 4.19. The van der Waals surface area contributed by atoms with Gasteiger partial charge in [-0.2, -0.15) is 0 Å². The van der Waals surface area contributed by atoms with E-state index in [9.17, 15) is 9.59 Å². The summed E-state index contributed by atoms with van der Waals surface area (Å²) in [4.78, 5) is 25.5. The first-order valence-corrected chi connectivity index (χ1v) is 6.42. The predicted octanol–water partition coefficient (Wildman–Crippen LogP) is 1.54. The van der Waals surface area contributed by atoms with Crippen molar-refractivity contribution in [1.82, 2.24) is 10.1 Å².